The van der Waals surface area contributed by atoms with Crippen molar-refractivity contribution in [1.82, 2.24) is 19.5 Å². The number of hydroxylamine groups is 1. The molecular weight excluding hydrogens is 620 g/mol. The Labute approximate surface area is 268 Å². The van der Waals surface area contributed by atoms with Crippen LogP contribution < -0.4 is 22.0 Å². The number of Topliss-reactive ketones (excluding diaryl/α,β-unsaturated/α-hetero) is 1. The minimum Gasteiger partial charge on any atom is -0.383 e. The third-order valence-electron chi connectivity index (χ3n) is 7.38. The number of likely N-dealkylation sites (N-methyl/N-ethyl adjacent to an activating group) is 1. The lowest BCUT2D eigenvalue weighted by Gasteiger charge is -2.19. The predicted octanol–water partition coefficient (Wildman–Crippen LogP) is 4.59. The van der Waals surface area contributed by atoms with Gasteiger partial charge in [-0.1, -0.05) is 39.0 Å². The number of thiophene rings is 1. The first kappa shape index (κ1) is 34.6. The van der Waals surface area contributed by atoms with Gasteiger partial charge in [0.25, 0.3) is 5.56 Å². The number of carbonyl (C=O) groups excluding carboxylic acids is 2. The van der Waals surface area contributed by atoms with E-state index in [0.717, 1.165) is 32.6 Å². The fourth-order valence-corrected chi connectivity index (χ4v) is 6.05. The molecular formula is C32H37F2N5O6S. The quantitative estimate of drug-likeness (QED) is 0.214. The van der Waals surface area contributed by atoms with Crippen LogP contribution in [0.4, 0.5) is 19.3 Å². The van der Waals surface area contributed by atoms with Gasteiger partial charge < -0.3 is 10.1 Å². The first-order valence-corrected chi connectivity index (χ1v) is 15.2. The van der Waals surface area contributed by atoms with E-state index in [1.54, 1.807) is 52.1 Å². The third-order valence-corrected chi connectivity index (χ3v) is 8.68. The summed E-state index contributed by atoms with van der Waals surface area (Å²) < 4.78 is 37.0. The van der Waals surface area contributed by atoms with Crippen molar-refractivity contribution in [3.8, 4) is 10.4 Å². The second kappa shape index (κ2) is 14.5. The maximum absolute atomic E-state index is 14.9. The van der Waals surface area contributed by atoms with E-state index in [4.69, 9.17) is 4.74 Å². The van der Waals surface area contributed by atoms with Crippen molar-refractivity contribution in [3.05, 3.63) is 86.1 Å². The Bertz CT molecular complexity index is 1840. The highest BCUT2D eigenvalue weighted by Gasteiger charge is 2.28. The van der Waals surface area contributed by atoms with Crippen molar-refractivity contribution in [2.75, 3.05) is 39.7 Å². The predicted molar refractivity (Wildman–Crippen MR) is 173 cm³/mol. The van der Waals surface area contributed by atoms with Crippen molar-refractivity contribution in [3.63, 3.8) is 0 Å². The van der Waals surface area contributed by atoms with E-state index in [1.807, 2.05) is 11.9 Å². The zero-order chi connectivity index (χ0) is 33.8. The normalized spacial score (nSPS) is 11.8. The molecule has 4 aromatic rings. The van der Waals surface area contributed by atoms with Crippen molar-refractivity contribution in [2.45, 2.75) is 40.4 Å². The van der Waals surface area contributed by atoms with Crippen LogP contribution in [0, 0.1) is 17.0 Å². The summed E-state index contributed by atoms with van der Waals surface area (Å²) in [6.07, 6.45) is 0. The molecule has 0 bridgehead atoms. The lowest BCUT2D eigenvalue weighted by atomic mass is 9.91. The van der Waals surface area contributed by atoms with Gasteiger partial charge in [-0.25, -0.2) is 23.9 Å². The van der Waals surface area contributed by atoms with Crippen LogP contribution in [-0.4, -0.2) is 60.3 Å². The van der Waals surface area contributed by atoms with E-state index < -0.39 is 47.4 Å². The number of fused-ring (bicyclic) bond motifs is 1. The fraction of sp³-hybridized carbons (Fsp3) is 0.375. The van der Waals surface area contributed by atoms with Gasteiger partial charge in [-0.15, -0.1) is 11.3 Å². The number of benzene rings is 2. The van der Waals surface area contributed by atoms with Crippen molar-refractivity contribution in [1.29, 1.82) is 0 Å². The lowest BCUT2D eigenvalue weighted by molar-refractivity contribution is -0.127. The van der Waals surface area contributed by atoms with Crippen LogP contribution in [-0.2, 0) is 34.0 Å². The SMILES string of the molecule is COCCN(C)Cc1c(-c2ccc(NC(=O)NOC)cc2)sc2c1c(=O)n(CC(=O)C(C)(C)C)c(=O)n2Cc1c(F)cccc1F. The zero-order valence-corrected chi connectivity index (χ0v) is 27.3. The smallest absolute Gasteiger partial charge is 0.343 e. The largest absolute Gasteiger partial charge is 0.383 e. The minimum atomic E-state index is -0.859. The molecule has 0 fully saturated rings. The van der Waals surface area contributed by atoms with E-state index in [2.05, 4.69) is 15.6 Å². The molecule has 0 saturated carbocycles. The van der Waals surface area contributed by atoms with Gasteiger partial charge in [0.1, 0.15) is 16.5 Å². The summed E-state index contributed by atoms with van der Waals surface area (Å²) in [7, 11) is 4.73. The third kappa shape index (κ3) is 7.58. The highest BCUT2D eigenvalue weighted by atomic mass is 32.1. The maximum Gasteiger partial charge on any atom is 0.343 e. The molecule has 11 nitrogen and oxygen atoms in total. The number of nitrogens with one attached hydrogen (secondary N) is 2. The molecule has 0 saturated heterocycles. The number of aromatic nitrogens is 2. The Kier molecular flexibility index (Phi) is 10.9. The van der Waals surface area contributed by atoms with Gasteiger partial charge >= 0.3 is 11.7 Å². The van der Waals surface area contributed by atoms with Gasteiger partial charge in [0.05, 0.1) is 32.2 Å². The van der Waals surface area contributed by atoms with Gasteiger partial charge in [0, 0.05) is 41.7 Å². The summed E-state index contributed by atoms with van der Waals surface area (Å²) in [5.74, 6) is -2.05. The molecule has 0 atom stereocenters. The van der Waals surface area contributed by atoms with Crippen LogP contribution in [0.1, 0.15) is 31.9 Å². The molecule has 0 aliphatic rings. The topological polar surface area (TPSA) is 124 Å². The number of anilines is 1. The molecule has 4 rings (SSSR count). The molecule has 2 amide bonds. The summed E-state index contributed by atoms with van der Waals surface area (Å²) in [6, 6.07) is 9.65. The number of amides is 2. The van der Waals surface area contributed by atoms with Crippen LogP contribution in [0.25, 0.3) is 20.7 Å². The second-order valence-corrected chi connectivity index (χ2v) is 12.8. The number of rotatable bonds is 12. The number of ketones is 1. The summed E-state index contributed by atoms with van der Waals surface area (Å²) in [6.45, 7) is 5.22. The number of carbonyl (C=O) groups is 2. The minimum absolute atomic E-state index is 0.170. The highest BCUT2D eigenvalue weighted by molar-refractivity contribution is 7.22. The molecule has 2 heterocycles. The van der Waals surface area contributed by atoms with Crippen LogP contribution in [0.3, 0.4) is 0 Å². The Morgan fingerprint density at radius 3 is 2.22 bits per heavy atom. The second-order valence-electron chi connectivity index (χ2n) is 11.8. The average Bonchev–Trinajstić information content (AvgIpc) is 3.36. The number of halogens is 2. The highest BCUT2D eigenvalue weighted by Crippen LogP contribution is 2.38. The molecule has 0 radical (unpaired) electrons. The number of nitrogens with zero attached hydrogens (tertiary/aromatic N) is 3. The molecule has 46 heavy (non-hydrogen) atoms. The Morgan fingerprint density at radius 1 is 0.978 bits per heavy atom. The Balaban J connectivity index is 2.01. The number of ether oxygens (including phenoxy) is 1. The Morgan fingerprint density at radius 2 is 1.63 bits per heavy atom. The number of hydrogen-bond acceptors (Lipinski definition) is 8. The maximum atomic E-state index is 14.9. The van der Waals surface area contributed by atoms with Gasteiger partial charge in [0.15, 0.2) is 5.78 Å². The molecule has 2 aromatic carbocycles. The number of urea groups is 1. The molecule has 0 aliphatic carbocycles. The summed E-state index contributed by atoms with van der Waals surface area (Å²) in [5.41, 5.74) is 1.14. The van der Waals surface area contributed by atoms with Crippen molar-refractivity contribution in [2.24, 2.45) is 5.41 Å². The van der Waals surface area contributed by atoms with Crippen molar-refractivity contribution >= 4 is 39.1 Å². The van der Waals surface area contributed by atoms with E-state index in [1.165, 1.54) is 13.2 Å². The van der Waals surface area contributed by atoms with E-state index in [0.29, 0.717) is 34.8 Å². The van der Waals surface area contributed by atoms with E-state index in [-0.39, 0.29) is 28.1 Å². The van der Waals surface area contributed by atoms with Gasteiger partial charge in [0.2, 0.25) is 0 Å². The Hall–Kier alpha value is -4.24. The van der Waals surface area contributed by atoms with Crippen LogP contribution in [0.2, 0.25) is 0 Å². The van der Waals surface area contributed by atoms with Gasteiger partial charge in [-0.3, -0.25) is 28.5 Å². The van der Waals surface area contributed by atoms with Crippen LogP contribution in [0.5, 0.6) is 0 Å². The molecule has 0 spiro atoms. The molecule has 0 unspecified atom stereocenters. The molecule has 2 aromatic heterocycles. The van der Waals surface area contributed by atoms with Gasteiger partial charge in [-0.2, -0.15) is 0 Å². The van der Waals surface area contributed by atoms with Crippen molar-refractivity contribution < 1.29 is 27.9 Å². The summed E-state index contributed by atoms with van der Waals surface area (Å²) in [5, 5.41) is 2.79. The van der Waals surface area contributed by atoms with Crippen LogP contribution >= 0.6 is 11.3 Å². The number of hydrogen-bond donors (Lipinski definition) is 2. The molecule has 14 heteroatoms. The summed E-state index contributed by atoms with van der Waals surface area (Å²) >= 11 is 1.13. The number of methoxy groups -OCH3 is 1. The summed E-state index contributed by atoms with van der Waals surface area (Å²) in [4.78, 5) is 60.6. The first-order chi connectivity index (χ1) is 21.8. The average molecular weight is 658 g/mol. The fourth-order valence-electron chi connectivity index (χ4n) is 4.75. The molecule has 2 N–H and O–H groups in total. The zero-order valence-electron chi connectivity index (χ0n) is 26.5. The van der Waals surface area contributed by atoms with E-state index in [9.17, 15) is 28.0 Å². The standard InChI is InChI=1S/C32H37F2N5O6S/c1-32(2,3)25(40)18-38-28(41)26-22(16-37(4)14-15-44-5)27(19-10-12-20(13-11-19)35-30(42)36-45-6)46-29(26)39(31(38)43)17-21-23(33)8-7-9-24(21)34/h7-13H,14-18H2,1-6H3,(H2,35,36,42). The molecule has 246 valence electrons. The molecule has 0 aliphatic heterocycles. The van der Waals surface area contributed by atoms with E-state index >= 15 is 0 Å². The van der Waals surface area contributed by atoms with Gasteiger partial charge in [-0.05, 0) is 42.4 Å². The lowest BCUT2D eigenvalue weighted by Crippen LogP contribution is -2.43. The monoisotopic (exact) mass is 657 g/mol. The van der Waals surface area contributed by atoms with Crippen LogP contribution in [0.15, 0.2) is 52.1 Å². The first-order valence-electron chi connectivity index (χ1n) is 14.4.